The van der Waals surface area contributed by atoms with Crippen LogP contribution in [-0.2, 0) is 19.6 Å². The zero-order valence-corrected chi connectivity index (χ0v) is 14.3. The molecule has 1 atom stereocenters. The van der Waals surface area contributed by atoms with E-state index < -0.39 is 34.4 Å². The Morgan fingerprint density at radius 3 is 2.64 bits per heavy atom. The molecular formula is C17H19N3O4S. The highest BCUT2D eigenvalue weighted by atomic mass is 32.2. The van der Waals surface area contributed by atoms with Gasteiger partial charge in [0, 0.05) is 11.9 Å². The lowest BCUT2D eigenvalue weighted by Crippen LogP contribution is -2.47. The summed E-state index contributed by atoms with van der Waals surface area (Å²) in [5.41, 5.74) is 5.29. The number of nitrogens with zero attached hydrogens (tertiary/aromatic N) is 1. The first-order valence-corrected chi connectivity index (χ1v) is 9.45. The Kier molecular flexibility index (Phi) is 4.73. The molecule has 0 saturated carbocycles. The van der Waals surface area contributed by atoms with Gasteiger partial charge in [0.25, 0.3) is 0 Å². The molecule has 1 fully saturated rings. The fourth-order valence-electron chi connectivity index (χ4n) is 3.13. The van der Waals surface area contributed by atoms with Gasteiger partial charge in [-0.15, -0.1) is 0 Å². The van der Waals surface area contributed by atoms with Gasteiger partial charge >= 0.3 is 0 Å². The molecule has 0 spiro atoms. The molecule has 0 aromatic heterocycles. The van der Waals surface area contributed by atoms with Gasteiger partial charge in [0.15, 0.2) is 0 Å². The number of benzene rings is 2. The second-order valence-electron chi connectivity index (χ2n) is 5.95. The van der Waals surface area contributed by atoms with Crippen molar-refractivity contribution in [1.29, 1.82) is 0 Å². The zero-order valence-electron chi connectivity index (χ0n) is 13.5. The fourth-order valence-corrected chi connectivity index (χ4v) is 4.33. The van der Waals surface area contributed by atoms with E-state index in [2.05, 4.69) is 4.72 Å². The van der Waals surface area contributed by atoms with Gasteiger partial charge in [0.1, 0.15) is 6.04 Å². The molecule has 25 heavy (non-hydrogen) atoms. The number of primary amides is 1. The third kappa shape index (κ3) is 3.49. The molecule has 1 aliphatic heterocycles. The molecule has 3 N–H and O–H groups in total. The van der Waals surface area contributed by atoms with E-state index in [-0.39, 0.29) is 4.90 Å². The predicted octanol–water partition coefficient (Wildman–Crippen LogP) is 0.594. The van der Waals surface area contributed by atoms with Crippen molar-refractivity contribution in [3.05, 3.63) is 42.5 Å². The lowest BCUT2D eigenvalue weighted by molar-refractivity contribution is -0.136. The maximum Gasteiger partial charge on any atom is 0.241 e. The Morgan fingerprint density at radius 1 is 1.16 bits per heavy atom. The summed E-state index contributed by atoms with van der Waals surface area (Å²) in [6.07, 6.45) is 1.19. The minimum absolute atomic E-state index is 0.117. The number of fused-ring (bicyclic) bond motifs is 1. The normalized spacial score (nSPS) is 17.8. The van der Waals surface area contributed by atoms with Crippen molar-refractivity contribution in [3.63, 3.8) is 0 Å². The van der Waals surface area contributed by atoms with Crippen molar-refractivity contribution >= 4 is 32.6 Å². The van der Waals surface area contributed by atoms with Crippen molar-refractivity contribution < 1.29 is 18.0 Å². The van der Waals surface area contributed by atoms with Gasteiger partial charge in [-0.05, 0) is 24.3 Å². The predicted molar refractivity (Wildman–Crippen MR) is 93.1 cm³/mol. The lowest BCUT2D eigenvalue weighted by Gasteiger charge is -2.22. The standard InChI is InChI=1S/C17H19N3O4S/c18-17(22)14-8-4-10-20(14)16(21)11-19-25(23,24)15-9-3-6-12-5-1-2-7-13(12)15/h1-3,5-7,9,14,19H,4,8,10-11H2,(H2,18,22)/t14-/m0/s1. The largest absolute Gasteiger partial charge is 0.368 e. The van der Waals surface area contributed by atoms with Crippen LogP contribution in [-0.4, -0.2) is 44.3 Å². The highest BCUT2D eigenvalue weighted by Crippen LogP contribution is 2.22. The first-order chi connectivity index (χ1) is 11.9. The van der Waals surface area contributed by atoms with Crippen LogP contribution in [0.3, 0.4) is 0 Å². The van der Waals surface area contributed by atoms with Crippen LogP contribution < -0.4 is 10.5 Å². The number of carbonyl (C=O) groups is 2. The number of rotatable bonds is 5. The minimum Gasteiger partial charge on any atom is -0.368 e. The summed E-state index contributed by atoms with van der Waals surface area (Å²) in [6.45, 7) is -0.00221. The molecule has 1 heterocycles. The summed E-state index contributed by atoms with van der Waals surface area (Å²) in [6, 6.07) is 11.4. The number of amides is 2. The van der Waals surface area contributed by atoms with Gasteiger partial charge in [0.05, 0.1) is 11.4 Å². The SMILES string of the molecule is NC(=O)[C@@H]1CCCN1C(=O)CNS(=O)(=O)c1cccc2ccccc12. The molecule has 3 rings (SSSR count). The summed E-state index contributed by atoms with van der Waals surface area (Å²) in [5.74, 6) is -1.02. The second-order valence-corrected chi connectivity index (χ2v) is 7.68. The summed E-state index contributed by atoms with van der Waals surface area (Å²) in [5, 5.41) is 1.38. The Labute approximate surface area is 145 Å². The molecule has 2 aromatic carbocycles. The van der Waals surface area contributed by atoms with E-state index in [9.17, 15) is 18.0 Å². The van der Waals surface area contributed by atoms with Gasteiger partial charge in [-0.1, -0.05) is 36.4 Å². The number of likely N-dealkylation sites (tertiary alicyclic amines) is 1. The quantitative estimate of drug-likeness (QED) is 0.812. The maximum absolute atomic E-state index is 12.6. The van der Waals surface area contributed by atoms with Crippen molar-refractivity contribution in [1.82, 2.24) is 9.62 Å². The van der Waals surface area contributed by atoms with Crippen LogP contribution in [0.15, 0.2) is 47.4 Å². The molecule has 0 aliphatic carbocycles. The van der Waals surface area contributed by atoms with Crippen molar-refractivity contribution in [2.45, 2.75) is 23.8 Å². The van der Waals surface area contributed by atoms with Crippen LogP contribution in [0.2, 0.25) is 0 Å². The number of sulfonamides is 1. The van der Waals surface area contributed by atoms with Crippen LogP contribution >= 0.6 is 0 Å². The Hall–Kier alpha value is -2.45. The third-order valence-corrected chi connectivity index (χ3v) is 5.81. The molecule has 132 valence electrons. The van der Waals surface area contributed by atoms with Crippen molar-refractivity contribution in [2.24, 2.45) is 5.73 Å². The molecule has 2 amide bonds. The number of hydrogen-bond donors (Lipinski definition) is 2. The number of nitrogens with two attached hydrogens (primary N) is 1. The highest BCUT2D eigenvalue weighted by Gasteiger charge is 2.33. The second kappa shape index (κ2) is 6.81. The topological polar surface area (TPSA) is 110 Å². The Bertz CT molecular complexity index is 921. The fraction of sp³-hybridized carbons (Fsp3) is 0.294. The summed E-state index contributed by atoms with van der Waals surface area (Å²) in [7, 11) is -3.86. The monoisotopic (exact) mass is 361 g/mol. The maximum atomic E-state index is 12.6. The molecule has 0 unspecified atom stereocenters. The molecule has 1 aliphatic rings. The molecule has 2 aromatic rings. The molecular weight excluding hydrogens is 342 g/mol. The molecule has 7 nitrogen and oxygen atoms in total. The first-order valence-electron chi connectivity index (χ1n) is 7.96. The van der Waals surface area contributed by atoms with E-state index in [1.54, 1.807) is 18.2 Å². The minimum atomic E-state index is -3.86. The van der Waals surface area contributed by atoms with Gasteiger partial charge in [-0.2, -0.15) is 0 Å². The van der Waals surface area contributed by atoms with Gasteiger partial charge < -0.3 is 10.6 Å². The van der Waals surface area contributed by atoms with E-state index in [1.165, 1.54) is 11.0 Å². The van der Waals surface area contributed by atoms with Gasteiger partial charge in [-0.25, -0.2) is 13.1 Å². The van der Waals surface area contributed by atoms with Crippen molar-refractivity contribution in [2.75, 3.05) is 13.1 Å². The highest BCUT2D eigenvalue weighted by molar-refractivity contribution is 7.89. The van der Waals surface area contributed by atoms with Crippen LogP contribution in [0.25, 0.3) is 10.8 Å². The Morgan fingerprint density at radius 2 is 1.88 bits per heavy atom. The van der Waals surface area contributed by atoms with Crippen LogP contribution in [0, 0.1) is 0 Å². The summed E-state index contributed by atoms with van der Waals surface area (Å²) < 4.78 is 27.5. The number of carbonyl (C=O) groups excluding carboxylic acids is 2. The first kappa shape index (κ1) is 17.4. The summed E-state index contributed by atoms with van der Waals surface area (Å²) >= 11 is 0. The van der Waals surface area contributed by atoms with E-state index >= 15 is 0 Å². The molecule has 8 heteroatoms. The molecule has 0 radical (unpaired) electrons. The Balaban J connectivity index is 1.78. The van der Waals surface area contributed by atoms with Gasteiger partial charge in [0.2, 0.25) is 21.8 Å². The van der Waals surface area contributed by atoms with Gasteiger partial charge in [-0.3, -0.25) is 9.59 Å². The lowest BCUT2D eigenvalue weighted by atomic mass is 10.1. The van der Waals surface area contributed by atoms with E-state index in [0.717, 1.165) is 5.39 Å². The zero-order chi connectivity index (χ0) is 18.0. The van der Waals surface area contributed by atoms with E-state index in [1.807, 2.05) is 18.2 Å². The third-order valence-electron chi connectivity index (χ3n) is 4.35. The van der Waals surface area contributed by atoms with Crippen LogP contribution in [0.1, 0.15) is 12.8 Å². The average Bonchev–Trinajstić information content (AvgIpc) is 3.09. The number of nitrogens with one attached hydrogen (secondary N) is 1. The van der Waals surface area contributed by atoms with Crippen LogP contribution in [0.5, 0.6) is 0 Å². The van der Waals surface area contributed by atoms with E-state index in [0.29, 0.717) is 24.8 Å². The average molecular weight is 361 g/mol. The smallest absolute Gasteiger partial charge is 0.241 e. The molecule has 0 bridgehead atoms. The molecule has 1 saturated heterocycles. The van der Waals surface area contributed by atoms with Crippen molar-refractivity contribution in [3.8, 4) is 0 Å². The number of hydrogen-bond acceptors (Lipinski definition) is 4. The van der Waals surface area contributed by atoms with E-state index in [4.69, 9.17) is 5.73 Å². The van der Waals surface area contributed by atoms with Crippen LogP contribution in [0.4, 0.5) is 0 Å². The summed E-state index contributed by atoms with van der Waals surface area (Å²) in [4.78, 5) is 25.1.